The molecule has 140 valence electrons. The normalized spacial score (nSPS) is 11.1. The molecule has 2 aromatic carbocycles. The monoisotopic (exact) mass is 380 g/mol. The first-order chi connectivity index (χ1) is 13.2. The van der Waals surface area contributed by atoms with Crippen LogP contribution in [-0.4, -0.2) is 9.78 Å². The maximum Gasteiger partial charge on any atom is 0.417 e. The molecule has 0 fully saturated rings. The largest absolute Gasteiger partial charge is 0.417 e. The van der Waals surface area contributed by atoms with Gasteiger partial charge in [-0.1, -0.05) is 18.2 Å². The summed E-state index contributed by atoms with van der Waals surface area (Å²) < 4.78 is 41.6. The highest BCUT2D eigenvalue weighted by Gasteiger charge is 2.34. The Balaban J connectivity index is 2.02. The average Bonchev–Trinajstić information content (AvgIpc) is 2.94. The van der Waals surface area contributed by atoms with E-state index in [1.54, 1.807) is 36.7 Å². The molecule has 0 spiro atoms. The van der Waals surface area contributed by atoms with E-state index < -0.39 is 17.3 Å². The zero-order valence-electron chi connectivity index (χ0n) is 15.2. The van der Waals surface area contributed by atoms with Gasteiger partial charge in [0.15, 0.2) is 0 Å². The maximum absolute atomic E-state index is 13.3. The van der Waals surface area contributed by atoms with Crippen molar-refractivity contribution in [3.63, 3.8) is 0 Å². The first kappa shape index (κ1) is 19.2. The number of nitriles is 2. The minimum Gasteiger partial charge on any atom is -0.265 e. The number of nitrogens with zero attached hydrogens (tertiary/aromatic N) is 4. The summed E-state index contributed by atoms with van der Waals surface area (Å²) in [6.07, 6.45) is -4.61. The summed E-state index contributed by atoms with van der Waals surface area (Å²) in [5, 5.41) is 22.3. The zero-order chi connectivity index (χ0) is 20.5. The van der Waals surface area contributed by atoms with Crippen molar-refractivity contribution in [2.24, 2.45) is 0 Å². The summed E-state index contributed by atoms with van der Waals surface area (Å²) in [5.41, 5.74) is 2.42. The van der Waals surface area contributed by atoms with Crippen LogP contribution in [-0.2, 0) is 12.7 Å². The fourth-order valence-corrected chi connectivity index (χ4v) is 3.16. The second-order valence-corrected chi connectivity index (χ2v) is 6.38. The lowest BCUT2D eigenvalue weighted by Crippen LogP contribution is -2.08. The predicted octanol–water partition coefficient (Wildman–Crippen LogP) is 4.98. The number of rotatable bonds is 3. The van der Waals surface area contributed by atoms with Crippen molar-refractivity contribution in [3.05, 3.63) is 76.1 Å². The molecule has 0 aliphatic rings. The van der Waals surface area contributed by atoms with Crippen molar-refractivity contribution >= 4 is 0 Å². The molecule has 0 unspecified atom stereocenters. The van der Waals surface area contributed by atoms with Crippen LogP contribution in [0.4, 0.5) is 13.2 Å². The molecule has 1 aromatic heterocycles. The van der Waals surface area contributed by atoms with Gasteiger partial charge in [-0.3, -0.25) is 4.68 Å². The first-order valence-electron chi connectivity index (χ1n) is 8.39. The van der Waals surface area contributed by atoms with E-state index in [9.17, 15) is 13.2 Å². The molecule has 0 N–H and O–H groups in total. The Kier molecular flexibility index (Phi) is 4.94. The van der Waals surface area contributed by atoms with E-state index in [1.807, 2.05) is 12.1 Å². The molecule has 0 aliphatic heterocycles. The van der Waals surface area contributed by atoms with Crippen LogP contribution in [0.1, 0.15) is 33.6 Å². The Morgan fingerprint density at radius 1 is 1.00 bits per heavy atom. The minimum absolute atomic E-state index is 0.368. The number of halogens is 3. The zero-order valence-corrected chi connectivity index (χ0v) is 15.2. The van der Waals surface area contributed by atoms with E-state index in [1.165, 1.54) is 12.1 Å². The molecule has 4 nitrogen and oxygen atoms in total. The van der Waals surface area contributed by atoms with Crippen LogP contribution < -0.4 is 0 Å². The first-order valence-corrected chi connectivity index (χ1v) is 8.39. The van der Waals surface area contributed by atoms with Crippen molar-refractivity contribution in [1.82, 2.24) is 9.78 Å². The molecule has 0 radical (unpaired) electrons. The van der Waals surface area contributed by atoms with Crippen LogP contribution in [0.15, 0.2) is 42.5 Å². The van der Waals surface area contributed by atoms with Crippen molar-refractivity contribution < 1.29 is 13.2 Å². The molecule has 3 aromatic rings. The van der Waals surface area contributed by atoms with E-state index >= 15 is 0 Å². The van der Waals surface area contributed by atoms with Crippen LogP contribution in [0.25, 0.3) is 11.1 Å². The maximum atomic E-state index is 13.3. The molecular formula is C21H15F3N4. The lowest BCUT2D eigenvalue weighted by Gasteiger charge is -2.11. The van der Waals surface area contributed by atoms with E-state index in [-0.39, 0.29) is 0 Å². The number of benzene rings is 2. The predicted molar refractivity (Wildman–Crippen MR) is 97.1 cm³/mol. The van der Waals surface area contributed by atoms with Gasteiger partial charge in [0, 0.05) is 11.3 Å². The average molecular weight is 380 g/mol. The van der Waals surface area contributed by atoms with E-state index in [2.05, 4.69) is 11.2 Å². The van der Waals surface area contributed by atoms with Gasteiger partial charge in [0.05, 0.1) is 41.1 Å². The van der Waals surface area contributed by atoms with Gasteiger partial charge < -0.3 is 0 Å². The van der Waals surface area contributed by atoms with Crippen LogP contribution in [0.5, 0.6) is 0 Å². The summed E-state index contributed by atoms with van der Waals surface area (Å²) in [7, 11) is 0. The third-order valence-electron chi connectivity index (χ3n) is 4.53. The topological polar surface area (TPSA) is 65.4 Å². The molecule has 0 bridgehead atoms. The molecule has 3 rings (SSSR count). The lowest BCUT2D eigenvalue weighted by molar-refractivity contribution is -0.137. The van der Waals surface area contributed by atoms with Gasteiger partial charge in [0.25, 0.3) is 0 Å². The fraction of sp³-hybridized carbons (Fsp3) is 0.190. The van der Waals surface area contributed by atoms with Gasteiger partial charge in [-0.15, -0.1) is 0 Å². The Bertz CT molecular complexity index is 1110. The van der Waals surface area contributed by atoms with Gasteiger partial charge in [0.2, 0.25) is 0 Å². The fourth-order valence-electron chi connectivity index (χ4n) is 3.16. The summed E-state index contributed by atoms with van der Waals surface area (Å²) in [6.45, 7) is 3.97. The molecular weight excluding hydrogens is 365 g/mol. The summed E-state index contributed by atoms with van der Waals surface area (Å²) in [6, 6.07) is 14.4. The van der Waals surface area contributed by atoms with Crippen molar-refractivity contribution in [2.75, 3.05) is 0 Å². The molecule has 7 heteroatoms. The molecule has 1 heterocycles. The number of hydrogen-bond acceptors (Lipinski definition) is 3. The summed E-state index contributed by atoms with van der Waals surface area (Å²) in [5.74, 6) is 0. The van der Waals surface area contributed by atoms with E-state index in [0.717, 1.165) is 17.3 Å². The number of hydrogen-bond donors (Lipinski definition) is 0. The van der Waals surface area contributed by atoms with Gasteiger partial charge >= 0.3 is 6.18 Å². The second kappa shape index (κ2) is 7.21. The third kappa shape index (κ3) is 3.60. The van der Waals surface area contributed by atoms with Crippen LogP contribution >= 0.6 is 0 Å². The third-order valence-corrected chi connectivity index (χ3v) is 4.53. The Morgan fingerprint density at radius 3 is 2.25 bits per heavy atom. The molecule has 0 saturated heterocycles. The second-order valence-electron chi connectivity index (χ2n) is 6.38. The summed E-state index contributed by atoms with van der Waals surface area (Å²) in [4.78, 5) is 0. The quantitative estimate of drug-likeness (QED) is 0.644. The van der Waals surface area contributed by atoms with Gasteiger partial charge in [0.1, 0.15) is 0 Å². The highest BCUT2D eigenvalue weighted by Crippen LogP contribution is 2.36. The minimum atomic E-state index is -4.61. The molecule has 0 atom stereocenters. The van der Waals surface area contributed by atoms with Crippen molar-refractivity contribution in [2.45, 2.75) is 26.6 Å². The molecule has 0 saturated carbocycles. The van der Waals surface area contributed by atoms with Crippen molar-refractivity contribution in [1.29, 1.82) is 10.5 Å². The van der Waals surface area contributed by atoms with Gasteiger partial charge in [-0.05, 0) is 49.2 Å². The van der Waals surface area contributed by atoms with Crippen LogP contribution in [0.2, 0.25) is 0 Å². The Labute approximate surface area is 160 Å². The Hall–Kier alpha value is -3.58. The highest BCUT2D eigenvalue weighted by molar-refractivity contribution is 5.70. The highest BCUT2D eigenvalue weighted by atomic mass is 19.4. The van der Waals surface area contributed by atoms with E-state index in [4.69, 9.17) is 10.5 Å². The molecule has 28 heavy (non-hydrogen) atoms. The smallest absolute Gasteiger partial charge is 0.265 e. The molecule has 0 amide bonds. The Morgan fingerprint density at radius 2 is 1.68 bits per heavy atom. The SMILES string of the molecule is Cc1nn(Cc2ccc(C#N)cc2)c(C)c1-c1ccc(C#N)c(C(F)(F)F)c1. The summed E-state index contributed by atoms with van der Waals surface area (Å²) >= 11 is 0. The van der Waals surface area contributed by atoms with E-state index in [0.29, 0.717) is 28.9 Å². The molecule has 0 aliphatic carbocycles. The number of aryl methyl sites for hydroxylation is 1. The number of alkyl halides is 3. The number of aromatic nitrogens is 2. The van der Waals surface area contributed by atoms with Gasteiger partial charge in [-0.25, -0.2) is 0 Å². The van der Waals surface area contributed by atoms with Crippen LogP contribution in [0, 0.1) is 36.5 Å². The lowest BCUT2D eigenvalue weighted by atomic mass is 9.98. The van der Waals surface area contributed by atoms with Gasteiger partial charge in [-0.2, -0.15) is 28.8 Å². The van der Waals surface area contributed by atoms with Crippen molar-refractivity contribution in [3.8, 4) is 23.3 Å². The standard InChI is InChI=1S/C21H15F3N4/c1-13-20(17-7-8-18(11-26)19(9-17)21(22,23)24)14(2)28(27-13)12-16-5-3-15(10-25)4-6-16/h3-9H,12H2,1-2H3. The van der Waals surface area contributed by atoms with Crippen LogP contribution in [0.3, 0.4) is 0 Å².